The number of anilines is 1. The number of rotatable bonds is 7. The SMILES string of the molecule is CN(C)Cc1csc(NC(=O)CCCN2C(=O)c3ccc(Br)cc3C2=O)n1. The van der Waals surface area contributed by atoms with Gasteiger partial charge in [-0.2, -0.15) is 0 Å². The lowest BCUT2D eigenvalue weighted by Crippen LogP contribution is -2.31. The summed E-state index contributed by atoms with van der Waals surface area (Å²) in [6.07, 6.45) is 0.605. The van der Waals surface area contributed by atoms with Crippen molar-refractivity contribution in [2.75, 3.05) is 26.0 Å². The molecule has 3 amide bonds. The number of thiazole rings is 1. The van der Waals surface area contributed by atoms with Crippen LogP contribution >= 0.6 is 27.3 Å². The molecule has 0 bridgehead atoms. The topological polar surface area (TPSA) is 82.6 Å². The van der Waals surface area contributed by atoms with E-state index >= 15 is 0 Å². The third-order valence-electron chi connectivity index (χ3n) is 3.99. The van der Waals surface area contributed by atoms with Crippen molar-refractivity contribution in [2.45, 2.75) is 19.4 Å². The van der Waals surface area contributed by atoms with E-state index in [1.165, 1.54) is 16.2 Å². The number of nitrogens with one attached hydrogen (secondary N) is 1. The molecule has 0 spiro atoms. The number of amides is 3. The fourth-order valence-corrected chi connectivity index (χ4v) is 3.89. The standard InChI is InChI=1S/C18H19BrN4O3S/c1-22(2)9-12-10-27-18(20-12)21-15(24)4-3-7-23-16(25)13-6-5-11(19)8-14(13)17(23)26/h5-6,8,10H,3-4,7,9H2,1-2H3,(H,20,21,24). The number of nitrogens with zero attached hydrogens (tertiary/aromatic N) is 3. The first-order valence-electron chi connectivity index (χ1n) is 8.40. The lowest BCUT2D eigenvalue weighted by Gasteiger charge is -2.13. The van der Waals surface area contributed by atoms with Gasteiger partial charge in [0.2, 0.25) is 5.91 Å². The van der Waals surface area contributed by atoms with Gasteiger partial charge in [0.1, 0.15) is 0 Å². The number of imide groups is 1. The fourth-order valence-electron chi connectivity index (χ4n) is 2.81. The van der Waals surface area contributed by atoms with E-state index in [2.05, 4.69) is 26.2 Å². The molecule has 0 radical (unpaired) electrons. The molecule has 3 rings (SSSR count). The van der Waals surface area contributed by atoms with Crippen LogP contribution in [0.2, 0.25) is 0 Å². The predicted octanol–water partition coefficient (Wildman–Crippen LogP) is 2.98. The highest BCUT2D eigenvalue weighted by molar-refractivity contribution is 9.10. The average Bonchev–Trinajstić information content (AvgIpc) is 3.12. The van der Waals surface area contributed by atoms with Gasteiger partial charge in [0.05, 0.1) is 16.8 Å². The van der Waals surface area contributed by atoms with Crippen LogP contribution in [0.4, 0.5) is 5.13 Å². The van der Waals surface area contributed by atoms with Crippen molar-refractivity contribution in [3.8, 4) is 0 Å². The van der Waals surface area contributed by atoms with Gasteiger partial charge in [0.15, 0.2) is 5.13 Å². The molecule has 1 N–H and O–H groups in total. The van der Waals surface area contributed by atoms with Gasteiger partial charge in [-0.05, 0) is 38.7 Å². The molecule has 9 heteroatoms. The van der Waals surface area contributed by atoms with Crippen LogP contribution in [0, 0.1) is 0 Å². The summed E-state index contributed by atoms with van der Waals surface area (Å²) in [6.45, 7) is 0.920. The van der Waals surface area contributed by atoms with E-state index in [4.69, 9.17) is 0 Å². The molecule has 0 saturated heterocycles. The van der Waals surface area contributed by atoms with Crippen LogP contribution in [-0.4, -0.2) is 53.1 Å². The first kappa shape index (κ1) is 19.7. The molecule has 2 aromatic rings. The number of halogens is 1. The Morgan fingerprint density at radius 1 is 1.26 bits per heavy atom. The predicted molar refractivity (Wildman–Crippen MR) is 107 cm³/mol. The van der Waals surface area contributed by atoms with Crippen molar-refractivity contribution < 1.29 is 14.4 Å². The van der Waals surface area contributed by atoms with Crippen LogP contribution in [-0.2, 0) is 11.3 Å². The second-order valence-corrected chi connectivity index (χ2v) is 8.26. The molecule has 1 aliphatic heterocycles. The minimum absolute atomic E-state index is 0.180. The number of aromatic nitrogens is 1. The Balaban J connectivity index is 1.50. The highest BCUT2D eigenvalue weighted by atomic mass is 79.9. The van der Waals surface area contributed by atoms with Gasteiger partial charge < -0.3 is 10.2 Å². The van der Waals surface area contributed by atoms with Crippen LogP contribution in [0.3, 0.4) is 0 Å². The molecule has 1 aromatic carbocycles. The second-order valence-electron chi connectivity index (χ2n) is 6.49. The summed E-state index contributed by atoms with van der Waals surface area (Å²) in [5.41, 5.74) is 1.70. The van der Waals surface area contributed by atoms with Gasteiger partial charge in [-0.3, -0.25) is 19.3 Å². The second kappa shape index (κ2) is 8.28. The number of carbonyl (C=O) groups is 3. The molecule has 0 aliphatic carbocycles. The van der Waals surface area contributed by atoms with E-state index < -0.39 is 0 Å². The zero-order valence-electron chi connectivity index (χ0n) is 15.0. The maximum atomic E-state index is 12.4. The first-order chi connectivity index (χ1) is 12.8. The van der Waals surface area contributed by atoms with Crippen LogP contribution in [0.1, 0.15) is 39.3 Å². The third kappa shape index (κ3) is 4.60. The molecule has 7 nitrogen and oxygen atoms in total. The lowest BCUT2D eigenvalue weighted by atomic mass is 10.1. The van der Waals surface area contributed by atoms with E-state index in [0.717, 1.165) is 10.2 Å². The van der Waals surface area contributed by atoms with E-state index in [0.29, 0.717) is 29.2 Å². The maximum absolute atomic E-state index is 12.4. The van der Waals surface area contributed by atoms with Crippen molar-refractivity contribution >= 4 is 50.1 Å². The Labute approximate surface area is 169 Å². The van der Waals surface area contributed by atoms with Gasteiger partial charge in [-0.15, -0.1) is 11.3 Å². The Bertz CT molecular complexity index is 896. The number of hydrogen-bond donors (Lipinski definition) is 1. The summed E-state index contributed by atoms with van der Waals surface area (Å²) in [5.74, 6) is -0.804. The zero-order chi connectivity index (χ0) is 19.6. The number of benzene rings is 1. The summed E-state index contributed by atoms with van der Waals surface area (Å²) in [4.78, 5) is 44.4. The molecule has 0 unspecified atom stereocenters. The normalized spacial score (nSPS) is 13.4. The smallest absolute Gasteiger partial charge is 0.261 e. The van der Waals surface area contributed by atoms with Gasteiger partial charge in [-0.1, -0.05) is 15.9 Å². The van der Waals surface area contributed by atoms with Crippen molar-refractivity contribution in [2.24, 2.45) is 0 Å². The van der Waals surface area contributed by atoms with Crippen molar-refractivity contribution in [3.63, 3.8) is 0 Å². The Morgan fingerprint density at radius 3 is 2.74 bits per heavy atom. The third-order valence-corrected chi connectivity index (χ3v) is 5.29. The molecule has 1 aromatic heterocycles. The molecule has 142 valence electrons. The first-order valence-corrected chi connectivity index (χ1v) is 10.1. The van der Waals surface area contributed by atoms with Crippen molar-refractivity contribution in [1.82, 2.24) is 14.8 Å². The number of fused-ring (bicyclic) bond motifs is 1. The van der Waals surface area contributed by atoms with E-state index in [1.807, 2.05) is 24.4 Å². The molecule has 0 saturated carbocycles. The van der Waals surface area contributed by atoms with Gasteiger partial charge in [0, 0.05) is 29.4 Å². The quantitative estimate of drug-likeness (QED) is 0.655. The largest absolute Gasteiger partial charge is 0.304 e. The highest BCUT2D eigenvalue weighted by Crippen LogP contribution is 2.26. The van der Waals surface area contributed by atoms with Gasteiger partial charge in [0.25, 0.3) is 11.8 Å². The zero-order valence-corrected chi connectivity index (χ0v) is 17.4. The molecule has 0 fully saturated rings. The van der Waals surface area contributed by atoms with Crippen LogP contribution < -0.4 is 5.32 Å². The summed E-state index contributed by atoms with van der Waals surface area (Å²) in [5, 5.41) is 5.23. The average molecular weight is 451 g/mol. The molecule has 0 atom stereocenters. The van der Waals surface area contributed by atoms with Crippen LogP contribution in [0.5, 0.6) is 0 Å². The summed E-state index contributed by atoms with van der Waals surface area (Å²) in [7, 11) is 3.91. The summed E-state index contributed by atoms with van der Waals surface area (Å²) in [6, 6.07) is 5.02. The molecular weight excluding hydrogens is 432 g/mol. The summed E-state index contributed by atoms with van der Waals surface area (Å²) >= 11 is 4.69. The Morgan fingerprint density at radius 2 is 2.00 bits per heavy atom. The maximum Gasteiger partial charge on any atom is 0.261 e. The van der Waals surface area contributed by atoms with E-state index in [-0.39, 0.29) is 30.7 Å². The molecule has 2 heterocycles. The highest BCUT2D eigenvalue weighted by Gasteiger charge is 2.35. The van der Waals surface area contributed by atoms with E-state index in [9.17, 15) is 14.4 Å². The minimum Gasteiger partial charge on any atom is -0.304 e. The van der Waals surface area contributed by atoms with Gasteiger partial charge >= 0.3 is 0 Å². The Kier molecular flexibility index (Phi) is 6.03. The van der Waals surface area contributed by atoms with Crippen molar-refractivity contribution in [3.05, 3.63) is 44.9 Å². The van der Waals surface area contributed by atoms with Crippen molar-refractivity contribution in [1.29, 1.82) is 0 Å². The van der Waals surface area contributed by atoms with Crippen LogP contribution in [0.25, 0.3) is 0 Å². The fraction of sp³-hybridized carbons (Fsp3) is 0.333. The summed E-state index contributed by atoms with van der Waals surface area (Å²) < 4.78 is 0.751. The molecule has 27 heavy (non-hydrogen) atoms. The number of carbonyl (C=O) groups excluding carboxylic acids is 3. The molecule has 1 aliphatic rings. The Hall–Kier alpha value is -2.10. The lowest BCUT2D eigenvalue weighted by molar-refractivity contribution is -0.116. The minimum atomic E-state index is -0.315. The number of hydrogen-bond acceptors (Lipinski definition) is 6. The monoisotopic (exact) mass is 450 g/mol. The van der Waals surface area contributed by atoms with Gasteiger partial charge in [-0.25, -0.2) is 4.98 Å². The van der Waals surface area contributed by atoms with Crippen LogP contribution in [0.15, 0.2) is 28.1 Å². The van der Waals surface area contributed by atoms with E-state index in [1.54, 1.807) is 18.2 Å². The molecular formula is C18H19BrN4O3S.